The molecule has 1 atom stereocenters. The van der Waals surface area contributed by atoms with Crippen LogP contribution >= 0.6 is 11.8 Å². The van der Waals surface area contributed by atoms with E-state index in [-0.39, 0.29) is 30.1 Å². The maximum Gasteiger partial charge on any atom is 0.269 e. The summed E-state index contributed by atoms with van der Waals surface area (Å²) < 4.78 is 0. The quantitative estimate of drug-likeness (QED) is 0.576. The van der Waals surface area contributed by atoms with Crippen molar-refractivity contribution in [3.63, 3.8) is 0 Å². The van der Waals surface area contributed by atoms with Crippen LogP contribution in [0.15, 0.2) is 29.3 Å². The summed E-state index contributed by atoms with van der Waals surface area (Å²) in [4.78, 5) is 54.4. The monoisotopic (exact) mass is 445 g/mol. The lowest BCUT2D eigenvalue weighted by molar-refractivity contribution is -0.122. The number of aliphatic imine (C=N–C) groups is 1. The van der Waals surface area contributed by atoms with Crippen molar-refractivity contribution < 1.29 is 19.2 Å². The Morgan fingerprint density at radius 3 is 2.42 bits per heavy atom. The number of anilines is 1. The Kier molecular flexibility index (Phi) is 7.67. The molecule has 1 unspecified atom stereocenters. The van der Waals surface area contributed by atoms with Gasteiger partial charge in [0.15, 0.2) is 5.17 Å². The molecule has 3 rings (SSSR count). The van der Waals surface area contributed by atoms with Gasteiger partial charge in [-0.2, -0.15) is 4.99 Å². The van der Waals surface area contributed by atoms with Gasteiger partial charge >= 0.3 is 0 Å². The molecule has 2 aliphatic heterocycles. The summed E-state index contributed by atoms with van der Waals surface area (Å²) >= 11 is 1.35. The number of nitrogens with zero attached hydrogens (tertiary/aromatic N) is 2. The normalized spacial score (nSPS) is 18.2. The first-order valence-electron chi connectivity index (χ1n) is 10.3. The molecule has 10 heteroatoms. The van der Waals surface area contributed by atoms with Crippen molar-refractivity contribution >= 4 is 46.2 Å². The number of benzene rings is 1. The van der Waals surface area contributed by atoms with Crippen molar-refractivity contribution in [1.29, 1.82) is 0 Å². The number of hydrogen-bond acceptors (Lipinski definition) is 6. The van der Waals surface area contributed by atoms with Gasteiger partial charge in [0, 0.05) is 37.2 Å². The Hall–Kier alpha value is -2.88. The van der Waals surface area contributed by atoms with E-state index in [1.165, 1.54) is 11.8 Å². The number of likely N-dealkylation sites (tertiary alicyclic amines) is 1. The van der Waals surface area contributed by atoms with Gasteiger partial charge in [-0.05, 0) is 43.0 Å². The van der Waals surface area contributed by atoms with Crippen molar-refractivity contribution in [2.75, 3.05) is 18.4 Å². The summed E-state index contributed by atoms with van der Waals surface area (Å²) in [6.45, 7) is 5.63. The van der Waals surface area contributed by atoms with Gasteiger partial charge in [-0.25, -0.2) is 0 Å². The van der Waals surface area contributed by atoms with E-state index in [0.717, 1.165) is 31.1 Å². The molecule has 1 fully saturated rings. The highest BCUT2D eigenvalue weighted by Crippen LogP contribution is 2.29. The number of rotatable bonds is 6. The molecular formula is C21H27N5O4S. The highest BCUT2D eigenvalue weighted by Gasteiger charge is 2.33. The van der Waals surface area contributed by atoms with Crippen molar-refractivity contribution in [2.24, 2.45) is 10.9 Å². The van der Waals surface area contributed by atoms with Gasteiger partial charge in [-0.15, -0.1) is 0 Å². The minimum atomic E-state index is -0.505. The minimum Gasteiger partial charge on any atom is -0.351 e. The summed E-state index contributed by atoms with van der Waals surface area (Å²) in [5.41, 5.74) is 5.59. The molecule has 0 aromatic heterocycles. The van der Waals surface area contributed by atoms with Crippen molar-refractivity contribution in [2.45, 2.75) is 44.8 Å². The van der Waals surface area contributed by atoms with Crippen LogP contribution in [-0.4, -0.2) is 52.0 Å². The topological polar surface area (TPSA) is 120 Å². The fourth-order valence-electron chi connectivity index (χ4n) is 3.26. The molecule has 0 spiro atoms. The summed E-state index contributed by atoms with van der Waals surface area (Å²) in [5, 5.41) is 2.96. The van der Waals surface area contributed by atoms with Gasteiger partial charge in [0.25, 0.3) is 11.8 Å². The molecule has 31 heavy (non-hydrogen) atoms. The highest BCUT2D eigenvalue weighted by molar-refractivity contribution is 8.15. The van der Waals surface area contributed by atoms with Gasteiger partial charge < -0.3 is 10.2 Å². The standard InChI is InChI=1S/C21H27N5O4S/c1-13(2)11-18(28)24-25-19(29)14-5-7-15(8-6-14)22-17(27)12-16-20(30)23-21(31-16)26-9-3-4-10-26/h5-8,13,16H,3-4,9-12H2,1-2H3,(H,22,27)(H,24,28)(H,25,29). The first-order chi connectivity index (χ1) is 14.8. The lowest BCUT2D eigenvalue weighted by atomic mass is 10.1. The van der Waals surface area contributed by atoms with Gasteiger partial charge in [-0.1, -0.05) is 25.6 Å². The second-order valence-electron chi connectivity index (χ2n) is 7.96. The molecular weight excluding hydrogens is 418 g/mol. The van der Waals surface area contributed by atoms with Crippen LogP contribution in [-0.2, 0) is 14.4 Å². The molecule has 166 valence electrons. The van der Waals surface area contributed by atoms with Crippen molar-refractivity contribution in [1.82, 2.24) is 15.8 Å². The predicted octanol–water partition coefficient (Wildman–Crippen LogP) is 1.92. The SMILES string of the molecule is CC(C)CC(=O)NNC(=O)c1ccc(NC(=O)CC2SC(N3CCCC3)=NC2=O)cc1. The Bertz CT molecular complexity index is 878. The van der Waals surface area contributed by atoms with E-state index in [0.29, 0.717) is 17.7 Å². The Morgan fingerprint density at radius 2 is 1.77 bits per heavy atom. The predicted molar refractivity (Wildman–Crippen MR) is 119 cm³/mol. The molecule has 1 aromatic carbocycles. The zero-order valence-corrected chi connectivity index (χ0v) is 18.5. The smallest absolute Gasteiger partial charge is 0.269 e. The molecule has 0 bridgehead atoms. The van der Waals surface area contributed by atoms with E-state index in [9.17, 15) is 19.2 Å². The third-order valence-electron chi connectivity index (χ3n) is 4.82. The van der Waals surface area contributed by atoms with Crippen LogP contribution in [0, 0.1) is 5.92 Å². The fourth-order valence-corrected chi connectivity index (χ4v) is 4.38. The maximum absolute atomic E-state index is 12.4. The van der Waals surface area contributed by atoms with E-state index in [2.05, 4.69) is 26.1 Å². The zero-order chi connectivity index (χ0) is 22.4. The van der Waals surface area contributed by atoms with E-state index < -0.39 is 11.2 Å². The molecule has 9 nitrogen and oxygen atoms in total. The van der Waals surface area contributed by atoms with Gasteiger partial charge in [0.2, 0.25) is 11.8 Å². The largest absolute Gasteiger partial charge is 0.351 e. The Balaban J connectivity index is 1.45. The first-order valence-corrected chi connectivity index (χ1v) is 11.2. The lowest BCUT2D eigenvalue weighted by Gasteiger charge is -2.16. The number of hydrazine groups is 1. The van der Waals surface area contributed by atoms with E-state index in [4.69, 9.17) is 0 Å². The lowest BCUT2D eigenvalue weighted by Crippen LogP contribution is -2.42. The van der Waals surface area contributed by atoms with Crippen LogP contribution in [0.1, 0.15) is 49.9 Å². The molecule has 1 aromatic rings. The van der Waals surface area contributed by atoms with Gasteiger partial charge in [0.1, 0.15) is 5.25 Å². The summed E-state index contributed by atoms with van der Waals surface area (Å²) in [6, 6.07) is 6.28. The van der Waals surface area contributed by atoms with Gasteiger partial charge in [-0.3, -0.25) is 30.0 Å². The zero-order valence-electron chi connectivity index (χ0n) is 17.6. The van der Waals surface area contributed by atoms with Crippen LogP contribution in [0.5, 0.6) is 0 Å². The molecule has 4 amide bonds. The van der Waals surface area contributed by atoms with E-state index in [1.807, 2.05) is 13.8 Å². The Morgan fingerprint density at radius 1 is 1.10 bits per heavy atom. The van der Waals surface area contributed by atoms with Crippen LogP contribution in [0.4, 0.5) is 5.69 Å². The third kappa shape index (κ3) is 6.55. The van der Waals surface area contributed by atoms with Gasteiger partial charge in [0.05, 0.1) is 0 Å². The number of nitrogens with one attached hydrogen (secondary N) is 3. The summed E-state index contributed by atoms with van der Waals surface area (Å²) in [7, 11) is 0. The molecule has 1 saturated heterocycles. The number of amides is 4. The molecule has 3 N–H and O–H groups in total. The van der Waals surface area contributed by atoms with Crippen LogP contribution in [0.2, 0.25) is 0 Å². The van der Waals surface area contributed by atoms with E-state index >= 15 is 0 Å². The number of carbonyl (C=O) groups excluding carboxylic acids is 4. The average Bonchev–Trinajstić information content (AvgIpc) is 3.36. The van der Waals surface area contributed by atoms with Crippen LogP contribution < -0.4 is 16.2 Å². The number of carbonyl (C=O) groups is 4. The minimum absolute atomic E-state index is 0.0362. The van der Waals surface area contributed by atoms with E-state index in [1.54, 1.807) is 24.3 Å². The molecule has 0 aliphatic carbocycles. The second kappa shape index (κ2) is 10.4. The summed E-state index contributed by atoms with van der Waals surface area (Å²) in [5.74, 6) is -1.08. The van der Waals surface area contributed by atoms with Crippen LogP contribution in [0.25, 0.3) is 0 Å². The molecule has 0 saturated carbocycles. The number of amidine groups is 1. The Labute approximate surface area is 185 Å². The van der Waals surface area contributed by atoms with Crippen molar-refractivity contribution in [3.05, 3.63) is 29.8 Å². The molecule has 2 heterocycles. The molecule has 2 aliphatic rings. The maximum atomic E-state index is 12.4. The summed E-state index contributed by atoms with van der Waals surface area (Å²) in [6.07, 6.45) is 2.54. The highest BCUT2D eigenvalue weighted by atomic mass is 32.2. The van der Waals surface area contributed by atoms with Crippen molar-refractivity contribution in [3.8, 4) is 0 Å². The second-order valence-corrected chi connectivity index (χ2v) is 9.13. The first kappa shape index (κ1) is 22.8. The third-order valence-corrected chi connectivity index (χ3v) is 6.03. The molecule has 0 radical (unpaired) electrons. The fraction of sp³-hybridized carbons (Fsp3) is 0.476. The average molecular weight is 446 g/mol. The number of thioether (sulfide) groups is 1. The number of hydrogen-bond donors (Lipinski definition) is 3. The van der Waals surface area contributed by atoms with Crippen LogP contribution in [0.3, 0.4) is 0 Å².